The van der Waals surface area contributed by atoms with E-state index in [4.69, 9.17) is 4.74 Å². The highest BCUT2D eigenvalue weighted by Gasteiger charge is 2.30. The van der Waals surface area contributed by atoms with Gasteiger partial charge in [0, 0.05) is 5.56 Å². The third kappa shape index (κ3) is 5.56. The lowest BCUT2D eigenvalue weighted by Gasteiger charge is -2.32. The summed E-state index contributed by atoms with van der Waals surface area (Å²) in [4.78, 5) is 11.9. The first-order chi connectivity index (χ1) is 11.5. The fourth-order valence-corrected chi connectivity index (χ4v) is 2.78. The zero-order valence-electron chi connectivity index (χ0n) is 14.9. The lowest BCUT2D eigenvalue weighted by atomic mass is 9.77. The van der Waals surface area contributed by atoms with Gasteiger partial charge in [-0.15, -0.1) is 0 Å². The van der Waals surface area contributed by atoms with Crippen LogP contribution in [0, 0.1) is 0 Å². The number of alkyl carbamates (subject to hydrolysis) is 1. The Balaban J connectivity index is 2.15. The maximum absolute atomic E-state index is 12.8. The van der Waals surface area contributed by atoms with Crippen molar-refractivity contribution in [3.8, 4) is 5.75 Å². The molecule has 0 saturated heterocycles. The zero-order chi connectivity index (χ0) is 18.8. The molecule has 0 radical (unpaired) electrons. The summed E-state index contributed by atoms with van der Waals surface area (Å²) >= 11 is 0. The van der Waals surface area contributed by atoms with E-state index in [2.05, 4.69) is 10.1 Å². The van der Waals surface area contributed by atoms with Crippen LogP contribution < -0.4 is 10.1 Å². The minimum Gasteiger partial charge on any atom is -0.444 e. The van der Waals surface area contributed by atoms with Crippen LogP contribution in [-0.4, -0.2) is 29.5 Å². The summed E-state index contributed by atoms with van der Waals surface area (Å²) in [6.07, 6.45) is 0.254. The molecule has 1 amide bonds. The number of ether oxygens (including phenoxy) is 2. The van der Waals surface area contributed by atoms with Gasteiger partial charge < -0.3 is 19.9 Å². The van der Waals surface area contributed by atoms with Gasteiger partial charge in [0.2, 0.25) is 0 Å². The molecule has 1 fully saturated rings. The zero-order valence-corrected chi connectivity index (χ0v) is 14.9. The summed E-state index contributed by atoms with van der Waals surface area (Å²) in [7, 11) is 0. The monoisotopic (exact) mass is 357 g/mol. The number of aliphatic hydroxyl groups excluding tert-OH is 1. The first kappa shape index (κ1) is 19.4. The summed E-state index contributed by atoms with van der Waals surface area (Å²) in [5.41, 5.74) is 0.630. The van der Waals surface area contributed by atoms with Gasteiger partial charge in [0.1, 0.15) is 11.4 Å². The Bertz CT molecular complexity index is 610. The molecule has 1 aliphatic rings. The number of nitrogens with one attached hydrogen (secondary N) is 1. The smallest absolute Gasteiger partial charge is 0.408 e. The van der Waals surface area contributed by atoms with Crippen molar-refractivity contribution in [2.75, 3.05) is 0 Å². The maximum Gasteiger partial charge on any atom is 0.408 e. The molecule has 1 aliphatic carbocycles. The average molecular weight is 357 g/mol. The Morgan fingerprint density at radius 2 is 1.96 bits per heavy atom. The molecule has 0 aromatic heterocycles. The molecular formula is C18H25F2NO4. The van der Waals surface area contributed by atoms with Crippen molar-refractivity contribution in [1.82, 2.24) is 5.32 Å². The van der Waals surface area contributed by atoms with Crippen LogP contribution in [0.2, 0.25) is 0 Å². The molecule has 2 N–H and O–H groups in total. The van der Waals surface area contributed by atoms with Crippen LogP contribution in [0.15, 0.2) is 18.2 Å². The fraction of sp³-hybridized carbons (Fsp3) is 0.611. The molecule has 7 heteroatoms. The fourth-order valence-electron chi connectivity index (χ4n) is 2.78. The number of rotatable bonds is 5. The van der Waals surface area contributed by atoms with Crippen LogP contribution in [0.5, 0.6) is 5.75 Å². The van der Waals surface area contributed by atoms with Crippen LogP contribution in [-0.2, 0) is 4.74 Å². The number of halogens is 2. The van der Waals surface area contributed by atoms with Gasteiger partial charge in [-0.2, -0.15) is 8.78 Å². The molecule has 0 bridgehead atoms. The van der Waals surface area contributed by atoms with Crippen molar-refractivity contribution < 1.29 is 28.2 Å². The minimum atomic E-state index is -2.96. The number of hydrogen-bond donors (Lipinski definition) is 2. The molecule has 5 nitrogen and oxygen atoms in total. The lowest BCUT2D eigenvalue weighted by molar-refractivity contribution is -0.0507. The van der Waals surface area contributed by atoms with Gasteiger partial charge in [-0.05, 0) is 58.1 Å². The number of amides is 1. The van der Waals surface area contributed by atoms with Crippen molar-refractivity contribution in [1.29, 1.82) is 0 Å². The number of hydrogen-bond acceptors (Lipinski definition) is 4. The highest BCUT2D eigenvalue weighted by molar-refractivity contribution is 5.68. The van der Waals surface area contributed by atoms with Gasteiger partial charge in [0.25, 0.3) is 0 Å². The number of alkyl halides is 2. The summed E-state index contributed by atoms with van der Waals surface area (Å²) in [5.74, 6) is 0.163. The molecular weight excluding hydrogens is 332 g/mol. The van der Waals surface area contributed by atoms with Crippen LogP contribution in [0.4, 0.5) is 13.6 Å². The summed E-state index contributed by atoms with van der Waals surface area (Å²) in [6, 6.07) is 4.48. The van der Waals surface area contributed by atoms with Crippen molar-refractivity contribution >= 4 is 6.09 Å². The highest BCUT2D eigenvalue weighted by atomic mass is 19.3. The van der Waals surface area contributed by atoms with Crippen molar-refractivity contribution in [2.24, 2.45) is 0 Å². The van der Waals surface area contributed by atoms with Crippen molar-refractivity contribution in [3.63, 3.8) is 0 Å². The summed E-state index contributed by atoms with van der Waals surface area (Å²) in [6.45, 7) is 3.93. The van der Waals surface area contributed by atoms with Crippen LogP contribution >= 0.6 is 0 Å². The summed E-state index contributed by atoms with van der Waals surface area (Å²) < 4.78 is 35.4. The van der Waals surface area contributed by atoms with Gasteiger partial charge in [-0.3, -0.25) is 0 Å². The molecule has 140 valence electrons. The molecule has 25 heavy (non-hydrogen) atoms. The highest BCUT2D eigenvalue weighted by Crippen LogP contribution is 2.39. The standard InChI is InChI=1S/C18H25F2NO4/c1-10(21-17(23)25-18(2,3)4)14-6-5-11(12-7-13(22)8-12)9-15(14)24-16(19)20/h5-6,9-10,12-13,16,22H,7-8H2,1-4H3,(H,21,23)/t10-,12?,13?/m0/s1. The topological polar surface area (TPSA) is 67.8 Å². The second-order valence-electron chi connectivity index (χ2n) is 7.37. The predicted molar refractivity (Wildman–Crippen MR) is 88.8 cm³/mol. The van der Waals surface area contributed by atoms with Gasteiger partial charge in [-0.25, -0.2) is 4.79 Å². The quantitative estimate of drug-likeness (QED) is 0.832. The van der Waals surface area contributed by atoms with Crippen molar-refractivity contribution in [3.05, 3.63) is 29.3 Å². The Labute approximate surface area is 146 Å². The van der Waals surface area contributed by atoms with E-state index in [9.17, 15) is 18.7 Å². The van der Waals surface area contributed by atoms with Gasteiger partial charge in [-0.1, -0.05) is 12.1 Å². The molecule has 0 spiro atoms. The number of aliphatic hydroxyl groups is 1. The summed E-state index contributed by atoms with van der Waals surface area (Å²) in [5, 5.41) is 12.0. The maximum atomic E-state index is 12.8. The second-order valence-corrected chi connectivity index (χ2v) is 7.37. The Hall–Kier alpha value is -1.89. The van der Waals surface area contributed by atoms with Crippen LogP contribution in [0.1, 0.15) is 63.6 Å². The molecule has 0 aliphatic heterocycles. The molecule has 1 atom stereocenters. The van der Waals surface area contributed by atoms with E-state index < -0.39 is 24.3 Å². The lowest BCUT2D eigenvalue weighted by Crippen LogP contribution is -2.34. The molecule has 2 rings (SSSR count). The van der Waals surface area contributed by atoms with Gasteiger partial charge in [0.15, 0.2) is 0 Å². The second kappa shape index (κ2) is 7.56. The van der Waals surface area contributed by atoms with Gasteiger partial charge >= 0.3 is 12.7 Å². The largest absolute Gasteiger partial charge is 0.444 e. The van der Waals surface area contributed by atoms with Gasteiger partial charge in [0.05, 0.1) is 12.1 Å². The normalized spacial score (nSPS) is 21.4. The predicted octanol–water partition coefficient (Wildman–Crippen LogP) is 4.11. The number of carbonyl (C=O) groups is 1. The van der Waals surface area contributed by atoms with E-state index in [1.54, 1.807) is 39.8 Å². The first-order valence-electron chi connectivity index (χ1n) is 8.31. The van der Waals surface area contributed by atoms with Crippen molar-refractivity contribution in [2.45, 2.75) is 70.8 Å². The molecule has 0 heterocycles. The molecule has 1 aromatic carbocycles. The molecule has 0 unspecified atom stereocenters. The molecule has 1 saturated carbocycles. The van der Waals surface area contributed by atoms with E-state index >= 15 is 0 Å². The van der Waals surface area contributed by atoms with E-state index in [0.29, 0.717) is 18.4 Å². The Morgan fingerprint density at radius 3 is 2.48 bits per heavy atom. The number of carbonyl (C=O) groups excluding carboxylic acids is 1. The SMILES string of the molecule is C[C@H](NC(=O)OC(C)(C)C)c1ccc(C2CC(O)C2)cc1OC(F)F. The van der Waals surface area contributed by atoms with Crippen LogP contribution in [0.3, 0.4) is 0 Å². The first-order valence-corrected chi connectivity index (χ1v) is 8.31. The minimum absolute atomic E-state index is 0.0254. The van der Waals surface area contributed by atoms with E-state index in [1.807, 2.05) is 6.07 Å². The van der Waals surface area contributed by atoms with E-state index in [0.717, 1.165) is 5.56 Å². The third-order valence-electron chi connectivity index (χ3n) is 4.04. The van der Waals surface area contributed by atoms with E-state index in [1.165, 1.54) is 0 Å². The third-order valence-corrected chi connectivity index (χ3v) is 4.04. The van der Waals surface area contributed by atoms with Crippen LogP contribution in [0.25, 0.3) is 0 Å². The Morgan fingerprint density at radius 1 is 1.32 bits per heavy atom. The average Bonchev–Trinajstić information content (AvgIpc) is 2.40. The van der Waals surface area contributed by atoms with E-state index in [-0.39, 0.29) is 17.8 Å². The molecule has 1 aromatic rings. The number of benzene rings is 1. The Kier molecular flexibility index (Phi) is 5.87.